The molecule has 1 fully saturated rings. The lowest BCUT2D eigenvalue weighted by Crippen LogP contribution is -2.52. The molecule has 1 aliphatic rings. The lowest BCUT2D eigenvalue weighted by molar-refractivity contribution is 0.0922. The van der Waals surface area contributed by atoms with Gasteiger partial charge in [-0.15, -0.1) is 0 Å². The van der Waals surface area contributed by atoms with E-state index in [9.17, 15) is 18.0 Å². The summed E-state index contributed by atoms with van der Waals surface area (Å²) in [5.74, 6) is -0.174. The van der Waals surface area contributed by atoms with Gasteiger partial charge in [0.15, 0.2) is 9.34 Å². The van der Waals surface area contributed by atoms with Crippen LogP contribution in [0.4, 0.5) is 9.93 Å². The number of piperazine rings is 1. The van der Waals surface area contributed by atoms with Crippen LogP contribution >= 0.6 is 11.3 Å². The molecule has 0 unspecified atom stereocenters. The molecule has 1 atom stereocenters. The van der Waals surface area contributed by atoms with E-state index in [0.717, 1.165) is 28.2 Å². The van der Waals surface area contributed by atoms with E-state index in [1.54, 1.807) is 19.2 Å². The Balaban J connectivity index is 1.31. The minimum atomic E-state index is -3.79. The highest BCUT2D eigenvalue weighted by Crippen LogP contribution is 2.30. The molecule has 3 aromatic rings. The lowest BCUT2D eigenvalue weighted by Gasteiger charge is -2.35. The highest BCUT2D eigenvalue weighted by atomic mass is 32.2. The number of carbonyl (C=O) groups is 2. The second-order valence-corrected chi connectivity index (χ2v) is 12.3. The zero-order valence-corrected chi connectivity index (χ0v) is 23.0. The second-order valence-electron chi connectivity index (χ2n) is 9.17. The number of nitrogens with one attached hydrogen (secondary N) is 2. The van der Waals surface area contributed by atoms with Gasteiger partial charge in [0.2, 0.25) is 0 Å². The molecule has 0 bridgehead atoms. The summed E-state index contributed by atoms with van der Waals surface area (Å²) in [4.78, 5) is 34.2. The Morgan fingerprint density at radius 1 is 1.11 bits per heavy atom. The fourth-order valence-electron chi connectivity index (χ4n) is 4.26. The molecule has 0 radical (unpaired) electrons. The Hall–Kier alpha value is -3.39. The number of carbonyl (C=O) groups excluding carboxylic acids is 1. The second kappa shape index (κ2) is 11.6. The number of aromatic nitrogens is 2. The largest absolute Gasteiger partial charge is 0.465 e. The number of benzene rings is 1. The molecule has 2 amide bonds. The summed E-state index contributed by atoms with van der Waals surface area (Å²) in [5.41, 5.74) is 3.60. The molecule has 1 aromatic carbocycles. The van der Waals surface area contributed by atoms with Crippen LogP contribution < -0.4 is 10.6 Å². The quantitative estimate of drug-likeness (QED) is 0.383. The standard InChI is InChI=1S/C25H30N6O5S2/c1-16-7-8-21(14-26-16)19-5-4-6-20(13-19)22(32)27-17(2)15-30-9-11-31(12-10-30)38(35,36)23-18(3)28-24(37-23)29-25(33)34/h4-8,13-14,17H,9-12,15H2,1-3H3,(H,27,32)(H,28,29)(H,33,34)/t17-/m0/s1. The summed E-state index contributed by atoms with van der Waals surface area (Å²) < 4.78 is 27.7. The molecule has 1 saturated heterocycles. The number of hydrogen-bond acceptors (Lipinski definition) is 8. The van der Waals surface area contributed by atoms with Gasteiger partial charge in [-0.1, -0.05) is 29.5 Å². The van der Waals surface area contributed by atoms with E-state index in [0.29, 0.717) is 25.2 Å². The Morgan fingerprint density at radius 3 is 2.50 bits per heavy atom. The zero-order valence-electron chi connectivity index (χ0n) is 21.3. The summed E-state index contributed by atoms with van der Waals surface area (Å²) in [6.07, 6.45) is 0.491. The SMILES string of the molecule is Cc1ccc(-c2cccc(C(=O)N[C@@H](C)CN3CCN(S(=O)(=O)c4sc(NC(=O)O)nc4C)CC3)c2)cn1. The average molecular weight is 559 g/mol. The van der Waals surface area contributed by atoms with Gasteiger partial charge in [-0.05, 0) is 44.5 Å². The van der Waals surface area contributed by atoms with Gasteiger partial charge in [-0.3, -0.25) is 20.0 Å². The van der Waals surface area contributed by atoms with Crippen LogP contribution in [-0.4, -0.2) is 83.5 Å². The van der Waals surface area contributed by atoms with Gasteiger partial charge in [0.1, 0.15) is 0 Å². The molecule has 0 spiro atoms. The number of pyridine rings is 1. The third-order valence-corrected chi connectivity index (χ3v) is 9.71. The monoisotopic (exact) mass is 558 g/mol. The first-order valence-electron chi connectivity index (χ1n) is 12.1. The fourth-order valence-corrected chi connectivity index (χ4v) is 7.22. The van der Waals surface area contributed by atoms with Crippen LogP contribution in [0.25, 0.3) is 11.1 Å². The van der Waals surface area contributed by atoms with E-state index < -0.39 is 16.1 Å². The van der Waals surface area contributed by atoms with E-state index in [2.05, 4.69) is 25.5 Å². The van der Waals surface area contributed by atoms with Gasteiger partial charge < -0.3 is 10.4 Å². The Kier molecular flexibility index (Phi) is 8.41. The minimum Gasteiger partial charge on any atom is -0.465 e. The summed E-state index contributed by atoms with van der Waals surface area (Å²) >= 11 is 0.807. The number of carboxylic acid groups (broad SMARTS) is 1. The van der Waals surface area contributed by atoms with E-state index in [-0.39, 0.29) is 40.1 Å². The molecule has 1 aliphatic heterocycles. The maximum atomic E-state index is 13.1. The molecule has 38 heavy (non-hydrogen) atoms. The van der Waals surface area contributed by atoms with Crippen LogP contribution in [0.15, 0.2) is 46.8 Å². The number of anilines is 1. The van der Waals surface area contributed by atoms with Crippen LogP contribution in [0, 0.1) is 13.8 Å². The lowest BCUT2D eigenvalue weighted by atomic mass is 10.0. The number of sulfonamides is 1. The van der Waals surface area contributed by atoms with Crippen molar-refractivity contribution in [2.75, 3.05) is 38.0 Å². The van der Waals surface area contributed by atoms with E-state index in [1.807, 2.05) is 44.2 Å². The van der Waals surface area contributed by atoms with Gasteiger partial charge in [0.05, 0.1) is 5.69 Å². The van der Waals surface area contributed by atoms with Crippen molar-refractivity contribution < 1.29 is 23.1 Å². The number of amides is 2. The molecule has 0 aliphatic carbocycles. The molecular formula is C25H30N6O5S2. The summed E-state index contributed by atoms with van der Waals surface area (Å²) in [6, 6.07) is 11.2. The Bertz CT molecular complexity index is 1420. The average Bonchev–Trinajstić information content (AvgIpc) is 3.24. The molecule has 4 rings (SSSR count). The van der Waals surface area contributed by atoms with Crippen molar-refractivity contribution in [1.29, 1.82) is 0 Å². The van der Waals surface area contributed by atoms with Crippen molar-refractivity contribution in [1.82, 2.24) is 24.5 Å². The molecule has 3 N–H and O–H groups in total. The number of aryl methyl sites for hydroxylation is 2. The van der Waals surface area contributed by atoms with Crippen molar-refractivity contribution in [3.63, 3.8) is 0 Å². The predicted octanol–water partition coefficient (Wildman–Crippen LogP) is 3.04. The number of hydrogen-bond donors (Lipinski definition) is 3. The molecule has 202 valence electrons. The number of nitrogens with zero attached hydrogens (tertiary/aromatic N) is 4. The van der Waals surface area contributed by atoms with Crippen molar-refractivity contribution in [2.24, 2.45) is 0 Å². The number of rotatable bonds is 8. The van der Waals surface area contributed by atoms with Crippen molar-refractivity contribution in [3.8, 4) is 11.1 Å². The summed E-state index contributed by atoms with van der Waals surface area (Å²) in [6.45, 7) is 7.56. The van der Waals surface area contributed by atoms with Crippen molar-refractivity contribution in [3.05, 3.63) is 59.5 Å². The molecule has 0 saturated carbocycles. The minimum absolute atomic E-state index is 0.0258. The van der Waals surface area contributed by atoms with Crippen LogP contribution in [-0.2, 0) is 10.0 Å². The van der Waals surface area contributed by atoms with Crippen molar-refractivity contribution in [2.45, 2.75) is 31.0 Å². The van der Waals surface area contributed by atoms with Gasteiger partial charge in [-0.2, -0.15) is 4.31 Å². The maximum absolute atomic E-state index is 13.1. The van der Waals surface area contributed by atoms with E-state index in [4.69, 9.17) is 5.11 Å². The smallest absolute Gasteiger partial charge is 0.410 e. The maximum Gasteiger partial charge on any atom is 0.410 e. The third kappa shape index (κ3) is 6.54. The first-order valence-corrected chi connectivity index (χ1v) is 14.3. The van der Waals surface area contributed by atoms with Gasteiger partial charge in [-0.25, -0.2) is 18.2 Å². The Morgan fingerprint density at radius 2 is 1.84 bits per heavy atom. The first-order chi connectivity index (χ1) is 18.0. The first kappa shape index (κ1) is 27.6. The normalized spacial score (nSPS) is 15.7. The molecule has 2 aromatic heterocycles. The van der Waals surface area contributed by atoms with Crippen LogP contribution in [0.5, 0.6) is 0 Å². The molecule has 11 nitrogen and oxygen atoms in total. The Labute approximate surface area is 225 Å². The topological polar surface area (TPSA) is 145 Å². The predicted molar refractivity (Wildman–Crippen MR) is 145 cm³/mol. The van der Waals surface area contributed by atoms with E-state index >= 15 is 0 Å². The number of thiazole rings is 1. The van der Waals surface area contributed by atoms with Crippen LogP contribution in [0.3, 0.4) is 0 Å². The summed E-state index contributed by atoms with van der Waals surface area (Å²) in [5, 5.41) is 14.0. The highest BCUT2D eigenvalue weighted by molar-refractivity contribution is 7.91. The van der Waals surface area contributed by atoms with Gasteiger partial charge in [0.25, 0.3) is 15.9 Å². The molecule has 13 heteroatoms. The summed E-state index contributed by atoms with van der Waals surface area (Å²) in [7, 11) is -3.79. The molecular weight excluding hydrogens is 528 g/mol. The van der Waals surface area contributed by atoms with Gasteiger partial charge in [0, 0.05) is 61.8 Å². The highest BCUT2D eigenvalue weighted by Gasteiger charge is 2.32. The fraction of sp³-hybridized carbons (Fsp3) is 0.360. The molecule has 3 heterocycles. The van der Waals surface area contributed by atoms with Crippen LogP contribution in [0.1, 0.15) is 28.7 Å². The third-order valence-electron chi connectivity index (χ3n) is 6.15. The zero-order chi connectivity index (χ0) is 27.4. The van der Waals surface area contributed by atoms with Crippen molar-refractivity contribution >= 4 is 38.5 Å². The van der Waals surface area contributed by atoms with Crippen LogP contribution in [0.2, 0.25) is 0 Å². The van der Waals surface area contributed by atoms with Gasteiger partial charge >= 0.3 is 6.09 Å². The van der Waals surface area contributed by atoms with E-state index in [1.165, 1.54) is 4.31 Å².